The highest BCUT2D eigenvalue weighted by atomic mass is 19.4. The molecule has 0 amide bonds. The first kappa shape index (κ1) is 15.7. The Kier molecular flexibility index (Phi) is 4.16. The molecule has 2 aromatic rings. The van der Waals surface area contributed by atoms with Crippen LogP contribution in [0.4, 0.5) is 13.2 Å². The molecule has 0 aliphatic carbocycles. The fraction of sp³-hybridized carbons (Fsp3) is 0.400. The van der Waals surface area contributed by atoms with Crippen LogP contribution in [0.3, 0.4) is 0 Å². The van der Waals surface area contributed by atoms with Crippen molar-refractivity contribution >= 4 is 0 Å². The number of hydrogen-bond acceptors (Lipinski definition) is 4. The first-order chi connectivity index (χ1) is 10.9. The van der Waals surface area contributed by atoms with Crippen molar-refractivity contribution in [1.29, 1.82) is 0 Å². The Bertz CT molecular complexity index is 723. The van der Waals surface area contributed by atoms with Crippen molar-refractivity contribution < 1.29 is 13.2 Å². The minimum absolute atomic E-state index is 0.104. The zero-order valence-corrected chi connectivity index (χ0v) is 12.2. The lowest BCUT2D eigenvalue weighted by molar-refractivity contribution is -0.142. The second-order valence-electron chi connectivity index (χ2n) is 5.48. The molecule has 5 nitrogen and oxygen atoms in total. The van der Waals surface area contributed by atoms with E-state index in [-0.39, 0.29) is 23.7 Å². The smallest absolute Gasteiger partial charge is 0.290 e. The van der Waals surface area contributed by atoms with E-state index in [0.717, 1.165) is 19.0 Å². The molecule has 1 fully saturated rings. The van der Waals surface area contributed by atoms with Crippen LogP contribution in [0.2, 0.25) is 0 Å². The fourth-order valence-corrected chi connectivity index (χ4v) is 2.93. The van der Waals surface area contributed by atoms with E-state index in [9.17, 15) is 18.0 Å². The number of rotatable bonds is 3. The second-order valence-corrected chi connectivity index (χ2v) is 5.48. The molecule has 0 bridgehead atoms. The van der Waals surface area contributed by atoms with Crippen molar-refractivity contribution in [2.24, 2.45) is 0 Å². The van der Waals surface area contributed by atoms with Crippen LogP contribution in [0.5, 0.6) is 0 Å². The summed E-state index contributed by atoms with van der Waals surface area (Å²) in [6, 6.07) is 5.85. The largest absolute Gasteiger partial charge is 0.433 e. The Morgan fingerprint density at radius 3 is 2.83 bits per heavy atom. The maximum Gasteiger partial charge on any atom is 0.433 e. The predicted molar refractivity (Wildman–Crippen MR) is 76.5 cm³/mol. The van der Waals surface area contributed by atoms with E-state index in [1.54, 1.807) is 6.07 Å². The van der Waals surface area contributed by atoms with Gasteiger partial charge in [0.25, 0.3) is 5.56 Å². The molecule has 0 saturated carbocycles. The van der Waals surface area contributed by atoms with E-state index in [4.69, 9.17) is 0 Å². The van der Waals surface area contributed by atoms with Crippen LogP contribution in [-0.2, 0) is 12.7 Å². The van der Waals surface area contributed by atoms with Gasteiger partial charge in [0.1, 0.15) is 5.69 Å². The fourth-order valence-electron chi connectivity index (χ4n) is 2.93. The van der Waals surface area contributed by atoms with Crippen LogP contribution in [0.15, 0.2) is 35.3 Å². The zero-order chi connectivity index (χ0) is 16.4. The van der Waals surface area contributed by atoms with Crippen LogP contribution in [-0.4, -0.2) is 26.6 Å². The van der Waals surface area contributed by atoms with Gasteiger partial charge in [0.2, 0.25) is 0 Å². The molecule has 8 heteroatoms. The van der Waals surface area contributed by atoms with Crippen LogP contribution in [0.25, 0.3) is 0 Å². The van der Waals surface area contributed by atoms with E-state index >= 15 is 0 Å². The summed E-state index contributed by atoms with van der Waals surface area (Å²) in [5.74, 6) is 0. The number of aromatic amines is 1. The van der Waals surface area contributed by atoms with Gasteiger partial charge in [-0.3, -0.25) is 14.7 Å². The highest BCUT2D eigenvalue weighted by molar-refractivity contribution is 5.23. The Balaban J connectivity index is 1.85. The Hall–Kier alpha value is -2.22. The summed E-state index contributed by atoms with van der Waals surface area (Å²) < 4.78 is 39.2. The molecule has 23 heavy (non-hydrogen) atoms. The highest BCUT2D eigenvalue weighted by Crippen LogP contribution is 2.35. The quantitative estimate of drug-likeness (QED) is 0.942. The van der Waals surface area contributed by atoms with Crippen LogP contribution < -0.4 is 5.56 Å². The van der Waals surface area contributed by atoms with Crippen molar-refractivity contribution in [2.45, 2.75) is 31.6 Å². The van der Waals surface area contributed by atoms with Gasteiger partial charge in [-0.15, -0.1) is 0 Å². The SMILES string of the molecule is O=c1ccc(C2CCCN2Cc2cccnc2C(F)(F)F)n[nH]1. The number of likely N-dealkylation sites (tertiary alicyclic amines) is 1. The molecule has 3 rings (SSSR count). The molecular weight excluding hydrogens is 309 g/mol. The molecule has 3 heterocycles. The molecular formula is C15H15F3N4O. The van der Waals surface area contributed by atoms with E-state index in [2.05, 4.69) is 15.2 Å². The second kappa shape index (κ2) is 6.11. The van der Waals surface area contributed by atoms with Crippen molar-refractivity contribution in [3.8, 4) is 0 Å². The van der Waals surface area contributed by atoms with E-state index in [0.29, 0.717) is 12.2 Å². The van der Waals surface area contributed by atoms with Gasteiger partial charge in [-0.1, -0.05) is 6.07 Å². The third kappa shape index (κ3) is 3.42. The van der Waals surface area contributed by atoms with Gasteiger partial charge in [-0.05, 0) is 37.1 Å². The number of hydrogen-bond donors (Lipinski definition) is 1. The lowest BCUT2D eigenvalue weighted by atomic mass is 10.1. The summed E-state index contributed by atoms with van der Waals surface area (Å²) in [5.41, 5.74) is -0.333. The normalized spacial score (nSPS) is 19.2. The molecule has 1 N–H and O–H groups in total. The number of pyridine rings is 1. The molecule has 1 saturated heterocycles. The minimum atomic E-state index is -4.47. The Morgan fingerprint density at radius 1 is 1.30 bits per heavy atom. The molecule has 1 atom stereocenters. The van der Waals surface area contributed by atoms with Crippen LogP contribution in [0.1, 0.15) is 35.8 Å². The number of nitrogens with zero attached hydrogens (tertiary/aromatic N) is 3. The van der Waals surface area contributed by atoms with Crippen molar-refractivity contribution in [1.82, 2.24) is 20.1 Å². The number of halogens is 3. The van der Waals surface area contributed by atoms with Gasteiger partial charge in [-0.2, -0.15) is 18.3 Å². The Labute approximate surface area is 130 Å². The highest BCUT2D eigenvalue weighted by Gasteiger charge is 2.36. The maximum absolute atomic E-state index is 13.1. The van der Waals surface area contributed by atoms with Gasteiger partial charge in [0.15, 0.2) is 0 Å². The van der Waals surface area contributed by atoms with E-state index in [1.807, 2.05) is 4.90 Å². The van der Waals surface area contributed by atoms with Crippen LogP contribution >= 0.6 is 0 Å². The summed E-state index contributed by atoms with van der Waals surface area (Å²) in [6.07, 6.45) is -1.66. The molecule has 1 aliphatic heterocycles. The average Bonchev–Trinajstić information content (AvgIpc) is 2.96. The molecule has 122 valence electrons. The first-order valence-corrected chi connectivity index (χ1v) is 7.26. The molecule has 0 aromatic carbocycles. The monoisotopic (exact) mass is 324 g/mol. The molecule has 2 aromatic heterocycles. The van der Waals surface area contributed by atoms with Gasteiger partial charge in [-0.25, -0.2) is 5.10 Å². The molecule has 1 aliphatic rings. The zero-order valence-electron chi connectivity index (χ0n) is 12.2. The van der Waals surface area contributed by atoms with Crippen molar-refractivity contribution in [3.63, 3.8) is 0 Å². The maximum atomic E-state index is 13.1. The number of aromatic nitrogens is 3. The summed E-state index contributed by atoms with van der Waals surface area (Å²) in [7, 11) is 0. The predicted octanol–water partition coefficient (Wildman–Crippen LogP) is 2.52. The average molecular weight is 324 g/mol. The van der Waals surface area contributed by atoms with Crippen molar-refractivity contribution in [3.05, 3.63) is 57.8 Å². The third-order valence-corrected chi connectivity index (χ3v) is 3.94. The topological polar surface area (TPSA) is 61.9 Å². The van der Waals surface area contributed by atoms with Gasteiger partial charge in [0, 0.05) is 18.8 Å². The molecule has 0 radical (unpaired) electrons. The number of nitrogens with one attached hydrogen (secondary N) is 1. The summed E-state index contributed by atoms with van der Waals surface area (Å²) in [4.78, 5) is 16.5. The lowest BCUT2D eigenvalue weighted by Crippen LogP contribution is -2.26. The Morgan fingerprint density at radius 2 is 2.13 bits per heavy atom. The summed E-state index contributed by atoms with van der Waals surface area (Å²) >= 11 is 0. The molecule has 0 spiro atoms. The number of H-pyrrole nitrogens is 1. The van der Waals surface area contributed by atoms with E-state index < -0.39 is 11.9 Å². The van der Waals surface area contributed by atoms with E-state index in [1.165, 1.54) is 18.2 Å². The summed E-state index contributed by atoms with van der Waals surface area (Å²) in [6.45, 7) is 0.825. The minimum Gasteiger partial charge on any atom is -0.290 e. The first-order valence-electron chi connectivity index (χ1n) is 7.26. The van der Waals surface area contributed by atoms with Gasteiger partial charge >= 0.3 is 6.18 Å². The van der Waals surface area contributed by atoms with Crippen molar-refractivity contribution in [2.75, 3.05) is 6.54 Å². The summed E-state index contributed by atoms with van der Waals surface area (Å²) in [5, 5.41) is 6.38. The standard InChI is InChI=1S/C15H15F3N4O/c16-15(17,18)14-10(3-1-7-19-14)9-22-8-2-4-12(22)11-5-6-13(23)21-20-11/h1,3,5-7,12H,2,4,8-9H2,(H,21,23). The third-order valence-electron chi connectivity index (χ3n) is 3.94. The van der Waals surface area contributed by atoms with Gasteiger partial charge in [0.05, 0.1) is 11.7 Å². The molecule has 1 unspecified atom stereocenters. The van der Waals surface area contributed by atoms with Crippen LogP contribution in [0, 0.1) is 0 Å². The van der Waals surface area contributed by atoms with Gasteiger partial charge < -0.3 is 0 Å². The number of alkyl halides is 3. The lowest BCUT2D eigenvalue weighted by Gasteiger charge is -2.24.